The number of benzene rings is 1. The number of aliphatic hydroxyl groups is 3. The van der Waals surface area contributed by atoms with Gasteiger partial charge in [0, 0.05) is 0 Å². The molecule has 0 unspecified atom stereocenters. The smallest absolute Gasteiger partial charge is 0.105 e. The van der Waals surface area contributed by atoms with Gasteiger partial charge in [0.05, 0.1) is 12.2 Å². The molecule has 1 aromatic carbocycles. The van der Waals surface area contributed by atoms with Crippen LogP contribution in [-0.4, -0.2) is 33.6 Å². The molecule has 2 atom stereocenters. The quantitative estimate of drug-likeness (QED) is 0.671. The van der Waals surface area contributed by atoms with Crippen molar-refractivity contribution in [2.75, 3.05) is 6.61 Å². The molecular weight excluding hydrogens is 192 g/mol. The zero-order valence-corrected chi connectivity index (χ0v) is 8.93. The molecule has 0 aliphatic rings. The molecule has 0 heterocycles. The molecule has 0 spiro atoms. The van der Waals surface area contributed by atoms with Gasteiger partial charge in [-0.2, -0.15) is 0 Å². The lowest BCUT2D eigenvalue weighted by Gasteiger charge is -2.27. The van der Waals surface area contributed by atoms with Crippen LogP contribution in [0.3, 0.4) is 0 Å². The van der Waals surface area contributed by atoms with E-state index in [-0.39, 0.29) is 0 Å². The third-order valence-electron chi connectivity index (χ3n) is 2.65. The van der Waals surface area contributed by atoms with Crippen molar-refractivity contribution >= 4 is 0 Å². The molecule has 0 aliphatic heterocycles. The van der Waals surface area contributed by atoms with E-state index < -0.39 is 18.3 Å². The van der Waals surface area contributed by atoms with E-state index in [9.17, 15) is 10.2 Å². The van der Waals surface area contributed by atoms with Crippen LogP contribution in [0.2, 0.25) is 0 Å². The highest BCUT2D eigenvalue weighted by molar-refractivity contribution is 5.15. The molecule has 0 aromatic heterocycles. The van der Waals surface area contributed by atoms with Crippen LogP contribution in [-0.2, 0) is 6.42 Å². The van der Waals surface area contributed by atoms with Crippen molar-refractivity contribution in [2.45, 2.75) is 31.5 Å². The van der Waals surface area contributed by atoms with Crippen LogP contribution in [0, 0.1) is 0 Å². The van der Waals surface area contributed by atoms with E-state index in [2.05, 4.69) is 0 Å². The molecule has 0 radical (unpaired) electrons. The molecule has 0 fully saturated rings. The van der Waals surface area contributed by atoms with E-state index in [1.165, 1.54) is 6.92 Å². The van der Waals surface area contributed by atoms with Crippen molar-refractivity contribution < 1.29 is 15.3 Å². The lowest BCUT2D eigenvalue weighted by Crippen LogP contribution is -2.42. The molecule has 0 aliphatic carbocycles. The van der Waals surface area contributed by atoms with E-state index in [4.69, 9.17) is 5.11 Å². The van der Waals surface area contributed by atoms with E-state index in [1.807, 2.05) is 30.3 Å². The first-order chi connectivity index (χ1) is 7.06. The number of aryl methyl sites for hydroxylation is 1. The first kappa shape index (κ1) is 12.2. The van der Waals surface area contributed by atoms with E-state index in [1.54, 1.807) is 0 Å². The van der Waals surface area contributed by atoms with Gasteiger partial charge in [-0.25, -0.2) is 0 Å². The molecule has 0 bridgehead atoms. The summed E-state index contributed by atoms with van der Waals surface area (Å²) in [6.45, 7) is 1.12. The third-order valence-corrected chi connectivity index (χ3v) is 2.65. The van der Waals surface area contributed by atoms with Crippen molar-refractivity contribution in [1.29, 1.82) is 0 Å². The van der Waals surface area contributed by atoms with Gasteiger partial charge in [0.25, 0.3) is 0 Å². The number of rotatable bonds is 5. The van der Waals surface area contributed by atoms with Crippen molar-refractivity contribution in [3.8, 4) is 0 Å². The van der Waals surface area contributed by atoms with Crippen molar-refractivity contribution in [3.63, 3.8) is 0 Å². The predicted molar refractivity (Wildman–Crippen MR) is 58.5 cm³/mol. The van der Waals surface area contributed by atoms with Crippen molar-refractivity contribution in [3.05, 3.63) is 35.9 Å². The highest BCUT2D eigenvalue weighted by Crippen LogP contribution is 2.17. The largest absolute Gasteiger partial charge is 0.394 e. The van der Waals surface area contributed by atoms with Crippen molar-refractivity contribution in [1.82, 2.24) is 0 Å². The molecule has 1 aromatic rings. The van der Waals surface area contributed by atoms with E-state index in [0.29, 0.717) is 12.8 Å². The standard InChI is InChI=1S/C12H18O3/c1-12(15,11(14)9-13)8-7-10-5-3-2-4-6-10/h2-6,11,13-15H,7-9H2,1H3/t11-,12+/m1/s1. The van der Waals surface area contributed by atoms with Gasteiger partial charge in [0.2, 0.25) is 0 Å². The zero-order valence-electron chi connectivity index (χ0n) is 8.93. The Morgan fingerprint density at radius 3 is 2.40 bits per heavy atom. The van der Waals surface area contributed by atoms with Crippen LogP contribution in [0.4, 0.5) is 0 Å². The lowest BCUT2D eigenvalue weighted by molar-refractivity contribution is -0.0869. The first-order valence-corrected chi connectivity index (χ1v) is 5.11. The Kier molecular flexibility index (Phi) is 4.27. The Balaban J connectivity index is 2.49. The molecule has 1 rings (SSSR count). The summed E-state index contributed by atoms with van der Waals surface area (Å²) in [5, 5.41) is 28.0. The van der Waals surface area contributed by atoms with Gasteiger partial charge in [-0.05, 0) is 25.3 Å². The van der Waals surface area contributed by atoms with E-state index in [0.717, 1.165) is 5.56 Å². The maximum Gasteiger partial charge on any atom is 0.105 e. The Bertz CT molecular complexity index is 282. The van der Waals surface area contributed by atoms with Crippen LogP contribution in [0.5, 0.6) is 0 Å². The molecule has 0 amide bonds. The Labute approximate surface area is 90.0 Å². The summed E-state index contributed by atoms with van der Waals surface area (Å²) in [5.41, 5.74) is -0.118. The van der Waals surface area contributed by atoms with Gasteiger partial charge in [0.1, 0.15) is 6.10 Å². The second-order valence-corrected chi connectivity index (χ2v) is 4.04. The molecular formula is C12H18O3. The lowest BCUT2D eigenvalue weighted by atomic mass is 9.92. The van der Waals surface area contributed by atoms with Crippen LogP contribution >= 0.6 is 0 Å². The van der Waals surface area contributed by atoms with Gasteiger partial charge in [-0.15, -0.1) is 0 Å². The van der Waals surface area contributed by atoms with E-state index >= 15 is 0 Å². The number of hydrogen-bond donors (Lipinski definition) is 3. The summed E-state index contributed by atoms with van der Waals surface area (Å²) >= 11 is 0. The molecule has 0 saturated carbocycles. The van der Waals surface area contributed by atoms with Gasteiger partial charge < -0.3 is 15.3 Å². The summed E-state index contributed by atoms with van der Waals surface area (Å²) in [4.78, 5) is 0. The molecule has 3 N–H and O–H groups in total. The molecule has 3 nitrogen and oxygen atoms in total. The normalized spacial score (nSPS) is 17.1. The zero-order chi connectivity index (χ0) is 11.3. The van der Waals surface area contributed by atoms with Crippen molar-refractivity contribution in [2.24, 2.45) is 0 Å². The fourth-order valence-electron chi connectivity index (χ4n) is 1.41. The van der Waals surface area contributed by atoms with Gasteiger partial charge in [0.15, 0.2) is 0 Å². The third kappa shape index (κ3) is 3.63. The molecule has 84 valence electrons. The van der Waals surface area contributed by atoms with Gasteiger partial charge in [-0.3, -0.25) is 0 Å². The van der Waals surface area contributed by atoms with Crippen LogP contribution in [0.25, 0.3) is 0 Å². The van der Waals surface area contributed by atoms with Gasteiger partial charge >= 0.3 is 0 Å². The second kappa shape index (κ2) is 5.26. The summed E-state index contributed by atoms with van der Waals surface area (Å²) in [6.07, 6.45) is 0.0325. The monoisotopic (exact) mass is 210 g/mol. The second-order valence-electron chi connectivity index (χ2n) is 4.04. The van der Waals surface area contributed by atoms with Crippen LogP contribution < -0.4 is 0 Å². The highest BCUT2D eigenvalue weighted by atomic mass is 16.4. The summed E-state index contributed by atoms with van der Waals surface area (Å²) < 4.78 is 0. The Hall–Kier alpha value is -0.900. The topological polar surface area (TPSA) is 60.7 Å². The Morgan fingerprint density at radius 1 is 1.27 bits per heavy atom. The summed E-state index contributed by atoms with van der Waals surface area (Å²) in [7, 11) is 0. The minimum atomic E-state index is -1.23. The van der Waals surface area contributed by atoms with Crippen LogP contribution in [0.1, 0.15) is 18.9 Å². The predicted octanol–water partition coefficient (Wildman–Crippen LogP) is 0.723. The molecule has 0 saturated heterocycles. The average Bonchev–Trinajstić information content (AvgIpc) is 2.27. The number of hydrogen-bond acceptors (Lipinski definition) is 3. The minimum absolute atomic E-state index is 0.415. The van der Waals surface area contributed by atoms with Gasteiger partial charge in [-0.1, -0.05) is 30.3 Å². The Morgan fingerprint density at radius 2 is 1.87 bits per heavy atom. The maximum absolute atomic E-state index is 9.83. The SMILES string of the molecule is C[C@](O)(CCc1ccccc1)[C@H](O)CO. The summed E-state index contributed by atoms with van der Waals surface area (Å²) in [6, 6.07) is 9.76. The maximum atomic E-state index is 9.83. The number of aliphatic hydroxyl groups excluding tert-OH is 2. The highest BCUT2D eigenvalue weighted by Gasteiger charge is 2.29. The fraction of sp³-hybridized carbons (Fsp3) is 0.500. The van der Waals surface area contributed by atoms with Crippen LogP contribution in [0.15, 0.2) is 30.3 Å². The summed E-state index contributed by atoms with van der Waals surface area (Å²) in [5.74, 6) is 0. The minimum Gasteiger partial charge on any atom is -0.394 e. The fourth-order valence-corrected chi connectivity index (χ4v) is 1.41. The molecule has 3 heteroatoms. The first-order valence-electron chi connectivity index (χ1n) is 5.11. The average molecular weight is 210 g/mol. The molecule has 15 heavy (non-hydrogen) atoms.